The predicted molar refractivity (Wildman–Crippen MR) is 191 cm³/mol. The molecule has 0 aromatic carbocycles. The van der Waals surface area contributed by atoms with Gasteiger partial charge in [-0.1, -0.05) is 152 Å². The number of rotatable bonds is 33. The molecule has 5 nitrogen and oxygen atoms in total. The Morgan fingerprint density at radius 3 is 1.38 bits per heavy atom. The standard InChI is InChI=1S/C40H70O5/c1-3-5-7-9-11-13-15-17-18-19-20-21-22-23-25-27-29-31-33-35-40(43)45-38(36-41)37-44-39(42)34-32-30-28-26-24-16-14-12-10-8-6-4-2/h11,13,17-18,20-21,23,25,38,41H,3-10,12,14-16,19,22,24,26-37H2,1-2H3/b13-11+,18-17+,21-20+,25-23+/t38-/m0/s1. The predicted octanol–water partition coefficient (Wildman–Crippen LogP) is 11.5. The molecule has 0 aromatic rings. The summed E-state index contributed by atoms with van der Waals surface area (Å²) >= 11 is 0. The smallest absolute Gasteiger partial charge is 0.306 e. The van der Waals surface area contributed by atoms with Crippen molar-refractivity contribution in [1.82, 2.24) is 0 Å². The van der Waals surface area contributed by atoms with Crippen LogP contribution >= 0.6 is 0 Å². The SMILES string of the molecule is CCCCC/C=C/C/C=C/C/C=C/C/C=C/CCCCCC(=O)O[C@@H](CO)COC(=O)CCCCCCCCCCCCCC. The van der Waals surface area contributed by atoms with Gasteiger partial charge in [-0.05, 0) is 57.8 Å². The first-order chi connectivity index (χ1) is 22.1. The van der Waals surface area contributed by atoms with Gasteiger partial charge in [0, 0.05) is 12.8 Å². The van der Waals surface area contributed by atoms with Crippen LogP contribution in [0.25, 0.3) is 0 Å². The molecular weight excluding hydrogens is 560 g/mol. The summed E-state index contributed by atoms with van der Waals surface area (Å²) in [4.78, 5) is 24.2. The number of carbonyl (C=O) groups is 2. The molecule has 0 aliphatic rings. The maximum absolute atomic E-state index is 12.1. The van der Waals surface area contributed by atoms with E-state index in [4.69, 9.17) is 9.47 Å². The molecule has 1 N–H and O–H groups in total. The highest BCUT2D eigenvalue weighted by Crippen LogP contribution is 2.13. The van der Waals surface area contributed by atoms with Gasteiger partial charge in [0.05, 0.1) is 6.61 Å². The summed E-state index contributed by atoms with van der Waals surface area (Å²) in [7, 11) is 0. The van der Waals surface area contributed by atoms with Crippen molar-refractivity contribution in [2.24, 2.45) is 0 Å². The largest absolute Gasteiger partial charge is 0.462 e. The Kier molecular flexibility index (Phi) is 34.6. The van der Waals surface area contributed by atoms with Crippen LogP contribution in [-0.2, 0) is 19.1 Å². The number of ether oxygens (including phenoxy) is 2. The molecule has 0 bridgehead atoms. The Labute approximate surface area is 278 Å². The van der Waals surface area contributed by atoms with E-state index in [1.54, 1.807) is 0 Å². The summed E-state index contributed by atoms with van der Waals surface area (Å²) in [5, 5.41) is 9.52. The monoisotopic (exact) mass is 631 g/mol. The molecule has 0 saturated heterocycles. The Hall–Kier alpha value is -2.14. The first-order valence-corrected chi connectivity index (χ1v) is 18.7. The topological polar surface area (TPSA) is 72.8 Å². The number of hydrogen-bond acceptors (Lipinski definition) is 5. The van der Waals surface area contributed by atoms with Crippen LogP contribution in [0.5, 0.6) is 0 Å². The molecule has 5 heteroatoms. The summed E-state index contributed by atoms with van der Waals surface area (Å²) in [6, 6.07) is 0. The van der Waals surface area contributed by atoms with Gasteiger partial charge in [-0.15, -0.1) is 0 Å². The van der Waals surface area contributed by atoms with E-state index in [1.165, 1.54) is 83.5 Å². The van der Waals surface area contributed by atoms with Crippen LogP contribution in [0.2, 0.25) is 0 Å². The van der Waals surface area contributed by atoms with Crippen molar-refractivity contribution in [3.63, 3.8) is 0 Å². The zero-order valence-electron chi connectivity index (χ0n) is 29.4. The second-order valence-corrected chi connectivity index (χ2v) is 12.3. The van der Waals surface area contributed by atoms with Gasteiger partial charge in [-0.25, -0.2) is 0 Å². The summed E-state index contributed by atoms with van der Waals surface area (Å²) < 4.78 is 10.6. The number of carbonyl (C=O) groups excluding carboxylic acids is 2. The van der Waals surface area contributed by atoms with Gasteiger partial charge in [0.15, 0.2) is 6.10 Å². The average molecular weight is 631 g/mol. The molecule has 0 aromatic heterocycles. The molecule has 0 fully saturated rings. The van der Waals surface area contributed by atoms with E-state index in [2.05, 4.69) is 62.5 Å². The third kappa shape index (κ3) is 34.6. The van der Waals surface area contributed by atoms with Gasteiger partial charge in [0.2, 0.25) is 0 Å². The lowest BCUT2D eigenvalue weighted by Gasteiger charge is -2.15. The Balaban J connectivity index is 3.65. The fraction of sp³-hybridized carbons (Fsp3) is 0.750. The molecule has 0 amide bonds. The molecule has 0 heterocycles. The summed E-state index contributed by atoms with van der Waals surface area (Å²) in [5.41, 5.74) is 0. The van der Waals surface area contributed by atoms with Crippen molar-refractivity contribution >= 4 is 11.9 Å². The second-order valence-electron chi connectivity index (χ2n) is 12.3. The van der Waals surface area contributed by atoms with Gasteiger partial charge in [-0.3, -0.25) is 9.59 Å². The van der Waals surface area contributed by atoms with E-state index in [9.17, 15) is 14.7 Å². The van der Waals surface area contributed by atoms with Crippen molar-refractivity contribution in [3.05, 3.63) is 48.6 Å². The summed E-state index contributed by atoms with van der Waals surface area (Å²) in [5.74, 6) is -0.628. The maximum Gasteiger partial charge on any atom is 0.306 e. The zero-order chi connectivity index (χ0) is 32.9. The molecule has 0 unspecified atom stereocenters. The van der Waals surface area contributed by atoms with Crippen molar-refractivity contribution in [3.8, 4) is 0 Å². The van der Waals surface area contributed by atoms with E-state index in [0.717, 1.165) is 64.2 Å². The molecular formula is C40H70O5. The van der Waals surface area contributed by atoms with Crippen molar-refractivity contribution in [2.75, 3.05) is 13.2 Å². The van der Waals surface area contributed by atoms with Gasteiger partial charge in [0.25, 0.3) is 0 Å². The lowest BCUT2D eigenvalue weighted by atomic mass is 10.0. The molecule has 0 aliphatic carbocycles. The number of aliphatic hydroxyl groups excluding tert-OH is 1. The van der Waals surface area contributed by atoms with Crippen molar-refractivity contribution in [2.45, 2.75) is 180 Å². The number of aliphatic hydroxyl groups is 1. The number of unbranched alkanes of at least 4 members (excludes halogenated alkanes) is 17. The highest BCUT2D eigenvalue weighted by Gasteiger charge is 2.16. The minimum atomic E-state index is -0.785. The molecule has 0 rings (SSSR count). The Bertz CT molecular complexity index is 767. The molecule has 0 spiro atoms. The lowest BCUT2D eigenvalue weighted by Crippen LogP contribution is -2.28. The van der Waals surface area contributed by atoms with Crippen molar-refractivity contribution in [1.29, 1.82) is 0 Å². The van der Waals surface area contributed by atoms with E-state index in [1.807, 2.05) is 0 Å². The van der Waals surface area contributed by atoms with Gasteiger partial charge >= 0.3 is 11.9 Å². The van der Waals surface area contributed by atoms with Crippen molar-refractivity contribution < 1.29 is 24.2 Å². The molecule has 1 atom stereocenters. The fourth-order valence-corrected chi connectivity index (χ4v) is 5.01. The first-order valence-electron chi connectivity index (χ1n) is 18.7. The molecule has 0 aliphatic heterocycles. The number of hydrogen-bond donors (Lipinski definition) is 1. The lowest BCUT2D eigenvalue weighted by molar-refractivity contribution is -0.161. The number of esters is 2. The van der Waals surface area contributed by atoms with Crippen LogP contribution in [0, 0.1) is 0 Å². The van der Waals surface area contributed by atoms with E-state index in [-0.39, 0.29) is 25.2 Å². The van der Waals surface area contributed by atoms with Crippen LogP contribution in [0.15, 0.2) is 48.6 Å². The van der Waals surface area contributed by atoms with E-state index < -0.39 is 6.10 Å². The summed E-state index contributed by atoms with van der Waals surface area (Å²) in [6.07, 6.45) is 44.5. The number of allylic oxidation sites excluding steroid dienone is 8. The van der Waals surface area contributed by atoms with Crippen LogP contribution in [0.4, 0.5) is 0 Å². The Morgan fingerprint density at radius 2 is 0.889 bits per heavy atom. The van der Waals surface area contributed by atoms with Crippen LogP contribution in [-0.4, -0.2) is 36.4 Å². The second kappa shape index (κ2) is 36.3. The molecule has 0 radical (unpaired) electrons. The third-order valence-corrected chi connectivity index (χ3v) is 7.88. The van der Waals surface area contributed by atoms with E-state index in [0.29, 0.717) is 12.8 Å². The van der Waals surface area contributed by atoms with Gasteiger partial charge in [0.1, 0.15) is 6.61 Å². The third-order valence-electron chi connectivity index (χ3n) is 7.88. The molecule has 0 saturated carbocycles. The highest BCUT2D eigenvalue weighted by molar-refractivity contribution is 5.70. The normalized spacial score (nSPS) is 12.7. The minimum absolute atomic E-state index is 0.0780. The molecule has 45 heavy (non-hydrogen) atoms. The Morgan fingerprint density at radius 1 is 0.511 bits per heavy atom. The van der Waals surface area contributed by atoms with Crippen LogP contribution in [0.1, 0.15) is 174 Å². The molecule has 260 valence electrons. The fourth-order valence-electron chi connectivity index (χ4n) is 5.01. The highest BCUT2D eigenvalue weighted by atomic mass is 16.6. The van der Waals surface area contributed by atoms with Gasteiger partial charge in [-0.2, -0.15) is 0 Å². The van der Waals surface area contributed by atoms with Crippen LogP contribution in [0.3, 0.4) is 0 Å². The first kappa shape index (κ1) is 42.9. The van der Waals surface area contributed by atoms with Crippen LogP contribution < -0.4 is 0 Å². The minimum Gasteiger partial charge on any atom is -0.462 e. The summed E-state index contributed by atoms with van der Waals surface area (Å²) in [6.45, 7) is 4.07. The van der Waals surface area contributed by atoms with E-state index >= 15 is 0 Å². The zero-order valence-corrected chi connectivity index (χ0v) is 29.4. The average Bonchev–Trinajstić information content (AvgIpc) is 3.04. The maximum atomic E-state index is 12.1. The quantitative estimate of drug-likeness (QED) is 0.0444. The van der Waals surface area contributed by atoms with Gasteiger partial charge < -0.3 is 14.6 Å².